The number of anilines is 2. The second kappa shape index (κ2) is 4.37. The van der Waals surface area contributed by atoms with Crippen molar-refractivity contribution >= 4 is 11.4 Å². The average Bonchev–Trinajstić information content (AvgIpc) is 2.27. The molecule has 2 rings (SSSR count). The van der Waals surface area contributed by atoms with Gasteiger partial charge in [-0.2, -0.15) is 0 Å². The molecule has 0 aliphatic carbocycles. The lowest BCUT2D eigenvalue weighted by atomic mass is 10.2. The highest BCUT2D eigenvalue weighted by Crippen LogP contribution is 2.28. The first-order chi connectivity index (χ1) is 8.06. The third-order valence-electron chi connectivity index (χ3n) is 2.67. The highest BCUT2D eigenvalue weighted by Gasteiger charge is 2.03. The summed E-state index contributed by atoms with van der Waals surface area (Å²) in [6.45, 7) is 3.92. The van der Waals surface area contributed by atoms with Crippen LogP contribution >= 0.6 is 0 Å². The van der Waals surface area contributed by atoms with E-state index in [1.165, 1.54) is 0 Å². The smallest absolute Gasteiger partial charge is 0.130 e. The Hall–Kier alpha value is -2.16. The van der Waals surface area contributed by atoms with Crippen molar-refractivity contribution in [2.45, 2.75) is 13.8 Å². The lowest BCUT2D eigenvalue weighted by Crippen LogP contribution is -1.93. The molecule has 0 aromatic heterocycles. The van der Waals surface area contributed by atoms with Crippen LogP contribution in [0.4, 0.5) is 11.4 Å². The van der Waals surface area contributed by atoms with E-state index in [1.54, 1.807) is 0 Å². The molecule has 0 saturated carbocycles. The molecule has 3 heteroatoms. The molecule has 0 saturated heterocycles. The predicted octanol–water partition coefficient (Wildman–Crippen LogP) is 3.26. The highest BCUT2D eigenvalue weighted by atomic mass is 16.5. The number of nitrogens with two attached hydrogens (primary N) is 2. The fraction of sp³-hybridized carbons (Fsp3) is 0.143. The minimum absolute atomic E-state index is 0.739. The van der Waals surface area contributed by atoms with Crippen LogP contribution in [0.25, 0.3) is 0 Å². The van der Waals surface area contributed by atoms with Crippen molar-refractivity contribution in [1.29, 1.82) is 0 Å². The largest absolute Gasteiger partial charge is 0.457 e. The molecule has 88 valence electrons. The van der Waals surface area contributed by atoms with Crippen LogP contribution in [0.5, 0.6) is 11.5 Å². The van der Waals surface area contributed by atoms with E-state index in [0.717, 1.165) is 34.0 Å². The summed E-state index contributed by atoms with van der Waals surface area (Å²) in [7, 11) is 0. The molecule has 0 spiro atoms. The first-order valence-electron chi connectivity index (χ1n) is 5.46. The van der Waals surface area contributed by atoms with Crippen molar-refractivity contribution in [1.82, 2.24) is 0 Å². The normalized spacial score (nSPS) is 10.2. The average molecular weight is 228 g/mol. The quantitative estimate of drug-likeness (QED) is 0.775. The van der Waals surface area contributed by atoms with E-state index in [1.807, 2.05) is 50.2 Å². The lowest BCUT2D eigenvalue weighted by molar-refractivity contribution is 0.479. The van der Waals surface area contributed by atoms with Crippen molar-refractivity contribution in [3.05, 3.63) is 47.5 Å². The van der Waals surface area contributed by atoms with Crippen LogP contribution < -0.4 is 16.2 Å². The zero-order valence-corrected chi connectivity index (χ0v) is 10.0. The van der Waals surface area contributed by atoms with Crippen molar-refractivity contribution in [2.24, 2.45) is 0 Å². The first kappa shape index (κ1) is 11.3. The van der Waals surface area contributed by atoms with Crippen molar-refractivity contribution in [2.75, 3.05) is 11.5 Å². The molecule has 0 unspecified atom stereocenters. The maximum atomic E-state index is 5.79. The Kier molecular flexibility index (Phi) is 2.91. The van der Waals surface area contributed by atoms with Gasteiger partial charge in [0, 0.05) is 11.4 Å². The topological polar surface area (TPSA) is 61.3 Å². The number of hydrogen-bond acceptors (Lipinski definition) is 3. The van der Waals surface area contributed by atoms with E-state index in [4.69, 9.17) is 16.2 Å². The van der Waals surface area contributed by atoms with Gasteiger partial charge in [-0.05, 0) is 61.4 Å². The van der Waals surface area contributed by atoms with Gasteiger partial charge in [0.25, 0.3) is 0 Å². The number of nitrogen functional groups attached to an aromatic ring is 2. The fourth-order valence-corrected chi connectivity index (χ4v) is 1.63. The van der Waals surface area contributed by atoms with Crippen LogP contribution in [0.3, 0.4) is 0 Å². The number of benzene rings is 2. The summed E-state index contributed by atoms with van der Waals surface area (Å²) in [6.07, 6.45) is 0. The summed E-state index contributed by atoms with van der Waals surface area (Å²) < 4.78 is 5.79. The summed E-state index contributed by atoms with van der Waals surface area (Å²) in [6, 6.07) is 11.2. The molecular weight excluding hydrogens is 212 g/mol. The van der Waals surface area contributed by atoms with Gasteiger partial charge in [-0.3, -0.25) is 0 Å². The molecule has 0 bridgehead atoms. The molecule has 0 heterocycles. The van der Waals surface area contributed by atoms with Crippen LogP contribution in [0.2, 0.25) is 0 Å². The van der Waals surface area contributed by atoms with Gasteiger partial charge in [0.2, 0.25) is 0 Å². The van der Waals surface area contributed by atoms with E-state index >= 15 is 0 Å². The standard InChI is InChI=1S/C14H16N2O/c1-9-8-12(4-5-13(9)16)17-14-6-3-11(15)7-10(14)2/h3-8H,15-16H2,1-2H3. The van der Waals surface area contributed by atoms with Crippen molar-refractivity contribution < 1.29 is 4.74 Å². The van der Waals surface area contributed by atoms with E-state index in [-0.39, 0.29) is 0 Å². The van der Waals surface area contributed by atoms with E-state index < -0.39 is 0 Å². The van der Waals surface area contributed by atoms with Gasteiger partial charge >= 0.3 is 0 Å². The number of rotatable bonds is 2. The monoisotopic (exact) mass is 228 g/mol. The molecule has 0 radical (unpaired) electrons. The van der Waals surface area contributed by atoms with E-state index in [2.05, 4.69) is 0 Å². The third kappa shape index (κ3) is 2.50. The molecule has 4 N–H and O–H groups in total. The number of hydrogen-bond donors (Lipinski definition) is 2. The van der Waals surface area contributed by atoms with Crippen LogP contribution in [0.1, 0.15) is 11.1 Å². The Morgan fingerprint density at radius 3 is 2.29 bits per heavy atom. The summed E-state index contributed by atoms with van der Waals surface area (Å²) in [4.78, 5) is 0. The maximum absolute atomic E-state index is 5.79. The second-order valence-corrected chi connectivity index (χ2v) is 4.15. The zero-order chi connectivity index (χ0) is 12.4. The van der Waals surface area contributed by atoms with Crippen LogP contribution in [0.15, 0.2) is 36.4 Å². The molecule has 2 aromatic rings. The summed E-state index contributed by atoms with van der Waals surface area (Å²) in [5.74, 6) is 1.59. The molecule has 0 fully saturated rings. The maximum Gasteiger partial charge on any atom is 0.130 e. The summed E-state index contributed by atoms with van der Waals surface area (Å²) in [5, 5.41) is 0. The summed E-state index contributed by atoms with van der Waals surface area (Å²) in [5.41, 5.74) is 15.0. The van der Waals surface area contributed by atoms with Gasteiger partial charge in [-0.25, -0.2) is 0 Å². The Bertz CT molecular complexity index is 550. The number of aryl methyl sites for hydroxylation is 2. The van der Waals surface area contributed by atoms with E-state index in [0.29, 0.717) is 0 Å². The predicted molar refractivity (Wildman–Crippen MR) is 71.3 cm³/mol. The van der Waals surface area contributed by atoms with Gasteiger partial charge in [-0.1, -0.05) is 0 Å². The van der Waals surface area contributed by atoms with Gasteiger partial charge < -0.3 is 16.2 Å². The third-order valence-corrected chi connectivity index (χ3v) is 2.67. The van der Waals surface area contributed by atoms with Crippen LogP contribution in [0, 0.1) is 13.8 Å². The van der Waals surface area contributed by atoms with Gasteiger partial charge in [0.1, 0.15) is 11.5 Å². The van der Waals surface area contributed by atoms with Crippen LogP contribution in [-0.2, 0) is 0 Å². The molecule has 0 atom stereocenters. The Morgan fingerprint density at radius 2 is 1.65 bits per heavy atom. The fourth-order valence-electron chi connectivity index (χ4n) is 1.63. The molecule has 0 aliphatic heterocycles. The summed E-state index contributed by atoms with van der Waals surface area (Å²) >= 11 is 0. The molecule has 0 aliphatic rings. The molecule has 17 heavy (non-hydrogen) atoms. The first-order valence-corrected chi connectivity index (χ1v) is 5.46. The molecule has 2 aromatic carbocycles. The van der Waals surface area contributed by atoms with Crippen LogP contribution in [-0.4, -0.2) is 0 Å². The molecule has 0 amide bonds. The highest BCUT2D eigenvalue weighted by molar-refractivity contribution is 5.52. The van der Waals surface area contributed by atoms with Gasteiger partial charge in [-0.15, -0.1) is 0 Å². The van der Waals surface area contributed by atoms with Gasteiger partial charge in [0.15, 0.2) is 0 Å². The lowest BCUT2D eigenvalue weighted by Gasteiger charge is -2.10. The van der Waals surface area contributed by atoms with Gasteiger partial charge in [0.05, 0.1) is 0 Å². The van der Waals surface area contributed by atoms with E-state index in [9.17, 15) is 0 Å². The Morgan fingerprint density at radius 1 is 0.882 bits per heavy atom. The Balaban J connectivity index is 2.28. The second-order valence-electron chi connectivity index (χ2n) is 4.15. The van der Waals surface area contributed by atoms with Crippen molar-refractivity contribution in [3.63, 3.8) is 0 Å². The number of ether oxygens (including phenoxy) is 1. The minimum Gasteiger partial charge on any atom is -0.457 e. The molecule has 3 nitrogen and oxygen atoms in total. The zero-order valence-electron chi connectivity index (χ0n) is 10.0. The Labute approximate surface area is 101 Å². The molecular formula is C14H16N2O. The SMILES string of the molecule is Cc1cc(Oc2ccc(N)cc2C)ccc1N. The van der Waals surface area contributed by atoms with Crippen molar-refractivity contribution in [3.8, 4) is 11.5 Å². The minimum atomic E-state index is 0.739.